The molecule has 0 N–H and O–H groups in total. The van der Waals surface area contributed by atoms with Gasteiger partial charge >= 0.3 is 0 Å². The fourth-order valence-electron chi connectivity index (χ4n) is 3.97. The number of morpholine rings is 1. The van der Waals surface area contributed by atoms with E-state index in [9.17, 15) is 9.59 Å². The molecule has 1 unspecified atom stereocenters. The number of ether oxygens (including phenoxy) is 2. The van der Waals surface area contributed by atoms with Gasteiger partial charge in [0.05, 0.1) is 19.1 Å². The number of fused-ring (bicyclic) bond motifs is 1. The molecule has 7 heteroatoms. The van der Waals surface area contributed by atoms with Crippen LogP contribution >= 0.6 is 11.6 Å². The molecule has 2 fully saturated rings. The molecule has 0 aliphatic carbocycles. The first-order valence-corrected chi connectivity index (χ1v) is 10.4. The molecule has 29 heavy (non-hydrogen) atoms. The first-order valence-electron chi connectivity index (χ1n) is 10.1. The molecular weight excluding hydrogens is 392 g/mol. The third-order valence-corrected chi connectivity index (χ3v) is 5.79. The van der Waals surface area contributed by atoms with Crippen LogP contribution in [0.2, 0.25) is 5.02 Å². The number of rotatable bonds is 3. The number of amides is 2. The predicted octanol–water partition coefficient (Wildman–Crippen LogP) is 2.77. The Labute approximate surface area is 175 Å². The van der Waals surface area contributed by atoms with Crippen LogP contribution in [0.3, 0.4) is 0 Å². The van der Waals surface area contributed by atoms with Gasteiger partial charge in [0, 0.05) is 42.8 Å². The molecular formula is C22H25ClN2O4. The first-order chi connectivity index (χ1) is 14.1. The fraction of sp³-hybridized carbons (Fsp3) is 0.455. The maximum Gasteiger partial charge on any atom is 0.246 e. The summed E-state index contributed by atoms with van der Waals surface area (Å²) in [5.41, 5.74) is 1.82. The molecule has 1 aromatic carbocycles. The molecule has 2 saturated heterocycles. The predicted molar refractivity (Wildman–Crippen MR) is 111 cm³/mol. The van der Waals surface area contributed by atoms with Gasteiger partial charge in [0.15, 0.2) is 0 Å². The highest BCUT2D eigenvalue weighted by molar-refractivity contribution is 6.30. The van der Waals surface area contributed by atoms with Gasteiger partial charge in [0.1, 0.15) is 12.4 Å². The van der Waals surface area contributed by atoms with E-state index in [0.717, 1.165) is 29.7 Å². The minimum Gasteiger partial charge on any atom is -0.488 e. The Hall–Kier alpha value is -2.31. The first kappa shape index (κ1) is 20.0. The van der Waals surface area contributed by atoms with Crippen LogP contribution in [-0.2, 0) is 14.3 Å². The van der Waals surface area contributed by atoms with Gasteiger partial charge in [0.2, 0.25) is 11.8 Å². The Bertz CT molecular complexity index is 845. The van der Waals surface area contributed by atoms with E-state index in [0.29, 0.717) is 51.0 Å². The van der Waals surface area contributed by atoms with Crippen LogP contribution in [0.1, 0.15) is 18.4 Å². The van der Waals surface area contributed by atoms with Gasteiger partial charge in [0.25, 0.3) is 0 Å². The molecule has 0 aromatic heterocycles. The Morgan fingerprint density at radius 1 is 1.14 bits per heavy atom. The van der Waals surface area contributed by atoms with Crippen LogP contribution in [0.25, 0.3) is 6.08 Å². The van der Waals surface area contributed by atoms with Crippen LogP contribution in [0, 0.1) is 5.92 Å². The van der Waals surface area contributed by atoms with Gasteiger partial charge in [-0.25, -0.2) is 0 Å². The molecule has 1 atom stereocenters. The zero-order valence-corrected chi connectivity index (χ0v) is 17.1. The molecule has 2 amide bonds. The molecule has 3 heterocycles. The van der Waals surface area contributed by atoms with Gasteiger partial charge < -0.3 is 19.3 Å². The average Bonchev–Trinajstić information content (AvgIpc) is 2.77. The highest BCUT2D eigenvalue weighted by atomic mass is 35.5. The standard InChI is InChI=1S/C22H25ClN2O4/c23-19-4-5-20-18(13-19)12-16(15-29-20)3-6-21(26)25-7-1-2-17(14-25)22(27)24-8-10-28-11-9-24/h3-6,12-13,17H,1-2,7-11,14-15H2/b6-3+. The summed E-state index contributed by atoms with van der Waals surface area (Å²) in [6.45, 7) is 4.05. The van der Waals surface area contributed by atoms with Gasteiger partial charge in [-0.1, -0.05) is 17.7 Å². The molecule has 1 aromatic rings. The number of carbonyl (C=O) groups is 2. The number of benzene rings is 1. The van der Waals surface area contributed by atoms with Gasteiger partial charge in [-0.2, -0.15) is 0 Å². The molecule has 4 rings (SSSR count). The number of piperidine rings is 1. The van der Waals surface area contributed by atoms with Gasteiger partial charge in [-0.3, -0.25) is 9.59 Å². The Kier molecular flexibility index (Phi) is 6.21. The van der Waals surface area contributed by atoms with Crippen LogP contribution in [-0.4, -0.2) is 67.6 Å². The van der Waals surface area contributed by atoms with Crippen LogP contribution < -0.4 is 4.74 Å². The smallest absolute Gasteiger partial charge is 0.246 e. The van der Waals surface area contributed by atoms with Crippen molar-refractivity contribution in [1.29, 1.82) is 0 Å². The van der Waals surface area contributed by atoms with E-state index in [1.54, 1.807) is 23.1 Å². The van der Waals surface area contributed by atoms with E-state index in [1.165, 1.54) is 0 Å². The van der Waals surface area contributed by atoms with Crippen molar-refractivity contribution in [3.05, 3.63) is 46.5 Å². The summed E-state index contributed by atoms with van der Waals surface area (Å²) in [4.78, 5) is 29.1. The van der Waals surface area contributed by atoms with Crippen molar-refractivity contribution in [2.75, 3.05) is 46.0 Å². The lowest BCUT2D eigenvalue weighted by molar-refractivity contribution is -0.143. The van der Waals surface area contributed by atoms with Crippen LogP contribution in [0.15, 0.2) is 35.9 Å². The van der Waals surface area contributed by atoms with Crippen LogP contribution in [0.5, 0.6) is 5.75 Å². The fourth-order valence-corrected chi connectivity index (χ4v) is 4.15. The van der Waals surface area contributed by atoms with Crippen molar-refractivity contribution in [2.45, 2.75) is 12.8 Å². The number of likely N-dealkylation sites (tertiary alicyclic amines) is 1. The van der Waals surface area contributed by atoms with Crippen molar-refractivity contribution in [3.8, 4) is 5.75 Å². The molecule has 3 aliphatic heterocycles. The number of hydrogen-bond donors (Lipinski definition) is 0. The molecule has 0 bridgehead atoms. The summed E-state index contributed by atoms with van der Waals surface area (Å²) < 4.78 is 11.0. The van der Waals surface area contributed by atoms with E-state index in [4.69, 9.17) is 21.1 Å². The van der Waals surface area contributed by atoms with Gasteiger partial charge in [-0.05, 0) is 42.7 Å². The van der Waals surface area contributed by atoms with E-state index in [-0.39, 0.29) is 17.7 Å². The highest BCUT2D eigenvalue weighted by Crippen LogP contribution is 2.29. The summed E-state index contributed by atoms with van der Waals surface area (Å²) in [5.74, 6) is 0.748. The quantitative estimate of drug-likeness (QED) is 0.711. The number of halogens is 1. The molecule has 0 spiro atoms. The second-order valence-corrected chi connectivity index (χ2v) is 8.02. The topological polar surface area (TPSA) is 59.1 Å². The minimum absolute atomic E-state index is 0.0673. The highest BCUT2D eigenvalue weighted by Gasteiger charge is 2.31. The largest absolute Gasteiger partial charge is 0.488 e. The second kappa shape index (κ2) is 9.01. The SMILES string of the molecule is O=C(/C=C/C1=Cc2cc(Cl)ccc2OC1)N1CCCC(C(=O)N2CCOCC2)C1. The Balaban J connectivity index is 1.37. The van der Waals surface area contributed by atoms with E-state index in [1.807, 2.05) is 23.1 Å². The Morgan fingerprint density at radius 3 is 2.79 bits per heavy atom. The van der Waals surface area contributed by atoms with Crippen molar-refractivity contribution in [1.82, 2.24) is 9.80 Å². The second-order valence-electron chi connectivity index (χ2n) is 7.58. The molecule has 6 nitrogen and oxygen atoms in total. The van der Waals surface area contributed by atoms with Crippen molar-refractivity contribution >= 4 is 29.5 Å². The number of nitrogens with zero attached hydrogens (tertiary/aromatic N) is 2. The summed E-state index contributed by atoms with van der Waals surface area (Å²) in [6, 6.07) is 5.49. The minimum atomic E-state index is -0.120. The van der Waals surface area contributed by atoms with Crippen molar-refractivity contribution < 1.29 is 19.1 Å². The lowest BCUT2D eigenvalue weighted by Crippen LogP contribution is -2.49. The Morgan fingerprint density at radius 2 is 1.97 bits per heavy atom. The normalized spacial score (nSPS) is 22.1. The van der Waals surface area contributed by atoms with E-state index >= 15 is 0 Å². The molecule has 3 aliphatic rings. The summed E-state index contributed by atoms with van der Waals surface area (Å²) >= 11 is 6.05. The van der Waals surface area contributed by atoms with Crippen LogP contribution in [0.4, 0.5) is 0 Å². The van der Waals surface area contributed by atoms with E-state index in [2.05, 4.69) is 0 Å². The van der Waals surface area contributed by atoms with Crippen molar-refractivity contribution in [3.63, 3.8) is 0 Å². The maximum absolute atomic E-state index is 12.7. The lowest BCUT2D eigenvalue weighted by atomic mass is 9.96. The number of hydrogen-bond acceptors (Lipinski definition) is 4. The van der Waals surface area contributed by atoms with Crippen molar-refractivity contribution in [2.24, 2.45) is 5.92 Å². The summed E-state index contributed by atoms with van der Waals surface area (Å²) in [7, 11) is 0. The molecule has 0 saturated carbocycles. The maximum atomic E-state index is 12.7. The lowest BCUT2D eigenvalue weighted by Gasteiger charge is -2.35. The third kappa shape index (κ3) is 4.82. The third-order valence-electron chi connectivity index (χ3n) is 5.55. The molecule has 0 radical (unpaired) electrons. The summed E-state index contributed by atoms with van der Waals surface area (Å²) in [6.07, 6.45) is 7.03. The summed E-state index contributed by atoms with van der Waals surface area (Å²) in [5, 5.41) is 0.647. The zero-order valence-electron chi connectivity index (χ0n) is 16.3. The monoisotopic (exact) mass is 416 g/mol. The average molecular weight is 417 g/mol. The van der Waals surface area contributed by atoms with E-state index < -0.39 is 0 Å². The van der Waals surface area contributed by atoms with Gasteiger partial charge in [-0.15, -0.1) is 0 Å². The molecule has 154 valence electrons. The zero-order chi connectivity index (χ0) is 20.2. The number of carbonyl (C=O) groups excluding carboxylic acids is 2.